The summed E-state index contributed by atoms with van der Waals surface area (Å²) in [5.74, 6) is 0. The molecule has 2 aromatic rings. The van der Waals surface area contributed by atoms with Crippen molar-refractivity contribution in [2.75, 3.05) is 0 Å². The number of pyridine rings is 1. The van der Waals surface area contributed by atoms with E-state index in [1.807, 2.05) is 42.6 Å². The van der Waals surface area contributed by atoms with E-state index in [2.05, 4.69) is 10.1 Å². The topological polar surface area (TPSA) is 54.5 Å². The van der Waals surface area contributed by atoms with E-state index in [0.717, 1.165) is 23.3 Å². The van der Waals surface area contributed by atoms with E-state index in [9.17, 15) is 0 Å². The van der Waals surface area contributed by atoms with Gasteiger partial charge in [-0.1, -0.05) is 29.8 Å². The van der Waals surface area contributed by atoms with E-state index in [-0.39, 0.29) is 11.2 Å². The van der Waals surface area contributed by atoms with Crippen LogP contribution in [0.15, 0.2) is 53.9 Å². The lowest BCUT2D eigenvalue weighted by Crippen LogP contribution is -2.31. The minimum absolute atomic E-state index is 0.0121. The first-order chi connectivity index (χ1) is 10.1. The average molecular weight is 317 g/mol. The molecule has 106 valence electrons. The minimum Gasteiger partial charge on any atom is -0.375 e. The van der Waals surface area contributed by atoms with Gasteiger partial charge in [-0.25, -0.2) is 5.01 Å². The maximum absolute atomic E-state index is 5.92. The van der Waals surface area contributed by atoms with E-state index >= 15 is 0 Å². The first kappa shape index (κ1) is 14.0. The van der Waals surface area contributed by atoms with E-state index in [1.54, 1.807) is 11.2 Å². The lowest BCUT2D eigenvalue weighted by atomic mass is 10.00. The predicted octanol–water partition coefficient (Wildman–Crippen LogP) is 3.13. The van der Waals surface area contributed by atoms with Crippen molar-refractivity contribution >= 4 is 34.6 Å². The normalized spacial score (nSPS) is 17.7. The summed E-state index contributed by atoms with van der Waals surface area (Å²) < 4.78 is 0. The lowest BCUT2D eigenvalue weighted by molar-refractivity contribution is 0.372. The number of aromatic nitrogens is 1. The second-order valence-corrected chi connectivity index (χ2v) is 5.60. The number of rotatable bonds is 2. The lowest BCUT2D eigenvalue weighted by Gasteiger charge is -2.21. The fraction of sp³-hybridized carbons (Fsp3) is 0.133. The van der Waals surface area contributed by atoms with E-state index in [0.29, 0.717) is 5.02 Å². The summed E-state index contributed by atoms with van der Waals surface area (Å²) >= 11 is 11.0. The third-order valence-electron chi connectivity index (χ3n) is 3.38. The molecule has 2 heterocycles. The Kier molecular flexibility index (Phi) is 3.86. The Balaban J connectivity index is 1.93. The zero-order valence-electron chi connectivity index (χ0n) is 11.1. The molecule has 0 spiro atoms. The van der Waals surface area contributed by atoms with Gasteiger partial charge < -0.3 is 5.73 Å². The molecule has 3 rings (SSSR count). The molecule has 1 aromatic carbocycles. The number of nitrogens with zero attached hydrogens (tertiary/aromatic N) is 3. The molecule has 0 saturated heterocycles. The Morgan fingerprint density at radius 3 is 2.67 bits per heavy atom. The third-order valence-corrected chi connectivity index (χ3v) is 3.82. The Bertz CT molecular complexity index is 685. The minimum atomic E-state index is -0.0121. The van der Waals surface area contributed by atoms with E-state index in [1.165, 1.54) is 0 Å². The fourth-order valence-electron chi connectivity index (χ4n) is 2.36. The standard InChI is InChI=1S/C15H13ClN4S/c16-12-5-3-10(4-6-12)13-8-14(20(19-13)15(17)21)11-2-1-7-18-9-11/h1-7,9,14H,8H2,(H2,17,21)/t14-/m0/s1. The van der Waals surface area contributed by atoms with Crippen molar-refractivity contribution in [3.63, 3.8) is 0 Å². The van der Waals surface area contributed by atoms with Crippen LogP contribution in [0.3, 0.4) is 0 Å². The molecule has 1 aliphatic heterocycles. The molecule has 0 radical (unpaired) electrons. The summed E-state index contributed by atoms with van der Waals surface area (Å²) in [6.45, 7) is 0. The summed E-state index contributed by atoms with van der Waals surface area (Å²) in [5, 5.41) is 7.19. The van der Waals surface area contributed by atoms with Gasteiger partial charge in [-0.05, 0) is 41.5 Å². The van der Waals surface area contributed by atoms with Crippen LogP contribution < -0.4 is 5.73 Å². The Hall–Kier alpha value is -1.98. The SMILES string of the molecule is NC(=S)N1N=C(c2ccc(Cl)cc2)C[C@H]1c1cccnc1. The molecule has 0 saturated carbocycles. The molecule has 4 nitrogen and oxygen atoms in total. The first-order valence-electron chi connectivity index (χ1n) is 6.47. The number of benzene rings is 1. The quantitative estimate of drug-likeness (QED) is 0.865. The number of hydrogen-bond donors (Lipinski definition) is 1. The first-order valence-corrected chi connectivity index (χ1v) is 7.26. The largest absolute Gasteiger partial charge is 0.375 e. The van der Waals surface area contributed by atoms with Gasteiger partial charge in [0, 0.05) is 23.8 Å². The highest BCUT2D eigenvalue weighted by Gasteiger charge is 2.30. The summed E-state index contributed by atoms with van der Waals surface area (Å²) in [6.07, 6.45) is 4.28. The average Bonchev–Trinajstić information content (AvgIpc) is 2.94. The summed E-state index contributed by atoms with van der Waals surface area (Å²) in [5.41, 5.74) is 8.80. The van der Waals surface area contributed by atoms with Crippen LogP contribution in [0.5, 0.6) is 0 Å². The highest BCUT2D eigenvalue weighted by atomic mass is 35.5. The van der Waals surface area contributed by atoms with Gasteiger partial charge in [-0.2, -0.15) is 5.10 Å². The van der Waals surface area contributed by atoms with Crippen LogP contribution in [0, 0.1) is 0 Å². The number of halogens is 1. The smallest absolute Gasteiger partial charge is 0.187 e. The number of hydrogen-bond acceptors (Lipinski definition) is 3. The highest BCUT2D eigenvalue weighted by molar-refractivity contribution is 7.80. The van der Waals surface area contributed by atoms with Gasteiger partial charge in [-0.3, -0.25) is 4.98 Å². The third kappa shape index (κ3) is 2.89. The van der Waals surface area contributed by atoms with Gasteiger partial charge in [0.15, 0.2) is 5.11 Å². The van der Waals surface area contributed by atoms with Crippen LogP contribution in [0.1, 0.15) is 23.6 Å². The molecule has 0 bridgehead atoms. The summed E-state index contributed by atoms with van der Waals surface area (Å²) in [4.78, 5) is 4.15. The molecule has 1 aromatic heterocycles. The monoisotopic (exact) mass is 316 g/mol. The van der Waals surface area contributed by atoms with Gasteiger partial charge in [0.05, 0.1) is 11.8 Å². The van der Waals surface area contributed by atoms with Crippen LogP contribution in [0.25, 0.3) is 0 Å². The van der Waals surface area contributed by atoms with Crippen molar-refractivity contribution in [3.8, 4) is 0 Å². The Labute approximate surface area is 133 Å². The second kappa shape index (κ2) is 5.79. The van der Waals surface area contributed by atoms with Crippen molar-refractivity contribution < 1.29 is 0 Å². The van der Waals surface area contributed by atoms with Gasteiger partial charge >= 0.3 is 0 Å². The Morgan fingerprint density at radius 2 is 2.05 bits per heavy atom. The van der Waals surface area contributed by atoms with Crippen molar-refractivity contribution in [3.05, 3.63) is 64.9 Å². The van der Waals surface area contributed by atoms with Gasteiger partial charge in [-0.15, -0.1) is 0 Å². The van der Waals surface area contributed by atoms with Crippen molar-refractivity contribution in [2.24, 2.45) is 10.8 Å². The Morgan fingerprint density at radius 1 is 1.29 bits per heavy atom. The maximum Gasteiger partial charge on any atom is 0.187 e. The molecule has 0 amide bonds. The van der Waals surface area contributed by atoms with E-state index in [4.69, 9.17) is 29.6 Å². The van der Waals surface area contributed by atoms with Gasteiger partial charge in [0.2, 0.25) is 0 Å². The maximum atomic E-state index is 5.92. The molecule has 0 aliphatic carbocycles. The van der Waals surface area contributed by atoms with Gasteiger partial charge in [0.1, 0.15) is 0 Å². The van der Waals surface area contributed by atoms with Crippen LogP contribution in [0.4, 0.5) is 0 Å². The van der Waals surface area contributed by atoms with Crippen LogP contribution >= 0.6 is 23.8 Å². The molecule has 6 heteroatoms. The van der Waals surface area contributed by atoms with Crippen LogP contribution in [0.2, 0.25) is 5.02 Å². The number of hydrazone groups is 1. The molecular weight excluding hydrogens is 304 g/mol. The fourth-order valence-corrected chi connectivity index (χ4v) is 2.66. The second-order valence-electron chi connectivity index (χ2n) is 4.74. The zero-order chi connectivity index (χ0) is 14.8. The number of nitrogens with two attached hydrogens (primary N) is 1. The summed E-state index contributed by atoms with van der Waals surface area (Å²) in [6, 6.07) is 11.5. The van der Waals surface area contributed by atoms with Crippen molar-refractivity contribution in [2.45, 2.75) is 12.5 Å². The van der Waals surface area contributed by atoms with Crippen LogP contribution in [-0.4, -0.2) is 20.8 Å². The predicted molar refractivity (Wildman–Crippen MR) is 88.2 cm³/mol. The molecule has 0 unspecified atom stereocenters. The highest BCUT2D eigenvalue weighted by Crippen LogP contribution is 2.32. The molecule has 1 atom stereocenters. The van der Waals surface area contributed by atoms with Crippen molar-refractivity contribution in [1.82, 2.24) is 9.99 Å². The molecular formula is C15H13ClN4S. The molecule has 1 aliphatic rings. The molecule has 0 fully saturated rings. The number of thiocarbonyl (C=S) groups is 1. The molecule has 21 heavy (non-hydrogen) atoms. The molecule has 2 N–H and O–H groups in total. The van der Waals surface area contributed by atoms with Crippen molar-refractivity contribution in [1.29, 1.82) is 0 Å². The van der Waals surface area contributed by atoms with Gasteiger partial charge in [0.25, 0.3) is 0 Å². The zero-order valence-corrected chi connectivity index (χ0v) is 12.7. The van der Waals surface area contributed by atoms with Crippen LogP contribution in [-0.2, 0) is 0 Å². The summed E-state index contributed by atoms with van der Waals surface area (Å²) in [7, 11) is 0. The van der Waals surface area contributed by atoms with E-state index < -0.39 is 0 Å².